The second-order valence-corrected chi connectivity index (χ2v) is 4.37. The topological polar surface area (TPSA) is 3.24 Å². The van der Waals surface area contributed by atoms with Gasteiger partial charge in [0.15, 0.2) is 0 Å². The predicted molar refractivity (Wildman–Crippen MR) is 47.5 cm³/mol. The summed E-state index contributed by atoms with van der Waals surface area (Å²) >= 11 is 0. The SMILES string of the molecule is CCCC1CC2CC1CN2C. The Morgan fingerprint density at radius 2 is 2.18 bits per heavy atom. The van der Waals surface area contributed by atoms with Gasteiger partial charge in [0, 0.05) is 12.6 Å². The highest BCUT2D eigenvalue weighted by Gasteiger charge is 2.41. The van der Waals surface area contributed by atoms with E-state index in [2.05, 4.69) is 18.9 Å². The minimum absolute atomic E-state index is 0.955. The van der Waals surface area contributed by atoms with E-state index < -0.39 is 0 Å². The third-order valence-corrected chi connectivity index (χ3v) is 3.62. The molecule has 11 heavy (non-hydrogen) atoms. The molecule has 0 aromatic carbocycles. The first-order chi connectivity index (χ1) is 5.31. The average molecular weight is 153 g/mol. The fraction of sp³-hybridized carbons (Fsp3) is 1.00. The smallest absolute Gasteiger partial charge is 0.00982 e. The Bertz CT molecular complexity index is 142. The molecule has 64 valence electrons. The van der Waals surface area contributed by atoms with Crippen LogP contribution in [-0.2, 0) is 0 Å². The van der Waals surface area contributed by atoms with Crippen LogP contribution in [0.1, 0.15) is 32.6 Å². The molecule has 1 saturated carbocycles. The molecule has 2 rings (SSSR count). The Labute approximate surface area is 69.8 Å². The lowest BCUT2D eigenvalue weighted by Gasteiger charge is -2.27. The molecule has 0 aromatic rings. The third kappa shape index (κ3) is 1.20. The Morgan fingerprint density at radius 3 is 2.64 bits per heavy atom. The summed E-state index contributed by atoms with van der Waals surface area (Å²) in [6, 6.07) is 0.955. The molecule has 0 amide bonds. The van der Waals surface area contributed by atoms with Gasteiger partial charge in [0.05, 0.1) is 0 Å². The van der Waals surface area contributed by atoms with Crippen LogP contribution < -0.4 is 0 Å². The fourth-order valence-electron chi connectivity index (χ4n) is 3.01. The lowest BCUT2D eigenvalue weighted by Crippen LogP contribution is -2.31. The highest BCUT2D eigenvalue weighted by molar-refractivity contribution is 4.95. The van der Waals surface area contributed by atoms with E-state index in [4.69, 9.17) is 0 Å². The zero-order chi connectivity index (χ0) is 7.84. The maximum absolute atomic E-state index is 2.55. The second-order valence-electron chi connectivity index (χ2n) is 4.37. The number of nitrogens with zero attached hydrogens (tertiary/aromatic N) is 1. The number of rotatable bonds is 2. The molecule has 2 fully saturated rings. The van der Waals surface area contributed by atoms with Crippen molar-refractivity contribution in [2.45, 2.75) is 38.6 Å². The van der Waals surface area contributed by atoms with Crippen LogP contribution in [0, 0.1) is 11.8 Å². The lowest BCUT2D eigenvalue weighted by molar-refractivity contribution is 0.201. The molecule has 0 N–H and O–H groups in total. The van der Waals surface area contributed by atoms with Crippen molar-refractivity contribution in [3.8, 4) is 0 Å². The first-order valence-corrected chi connectivity index (χ1v) is 5.01. The summed E-state index contributed by atoms with van der Waals surface area (Å²) < 4.78 is 0. The molecule has 0 spiro atoms. The molecule has 0 aromatic heterocycles. The number of hydrogen-bond acceptors (Lipinski definition) is 1. The van der Waals surface area contributed by atoms with E-state index in [-0.39, 0.29) is 0 Å². The highest BCUT2D eigenvalue weighted by Crippen LogP contribution is 2.43. The molecular formula is C10H19N. The van der Waals surface area contributed by atoms with E-state index in [0.717, 1.165) is 17.9 Å². The van der Waals surface area contributed by atoms with Gasteiger partial charge in [0.1, 0.15) is 0 Å². The number of hydrogen-bond donors (Lipinski definition) is 0. The quantitative estimate of drug-likeness (QED) is 0.587. The van der Waals surface area contributed by atoms with Crippen molar-refractivity contribution in [2.75, 3.05) is 13.6 Å². The van der Waals surface area contributed by atoms with Crippen molar-refractivity contribution in [1.82, 2.24) is 4.90 Å². The molecule has 1 nitrogen and oxygen atoms in total. The van der Waals surface area contributed by atoms with Gasteiger partial charge in [-0.3, -0.25) is 0 Å². The average Bonchev–Trinajstić information content (AvgIpc) is 2.47. The zero-order valence-electron chi connectivity index (χ0n) is 7.71. The first kappa shape index (κ1) is 7.60. The molecule has 1 heteroatoms. The van der Waals surface area contributed by atoms with Crippen LogP contribution in [0.4, 0.5) is 0 Å². The molecule has 3 atom stereocenters. The molecular weight excluding hydrogens is 134 g/mol. The van der Waals surface area contributed by atoms with Crippen molar-refractivity contribution in [3.05, 3.63) is 0 Å². The van der Waals surface area contributed by atoms with Gasteiger partial charge >= 0.3 is 0 Å². The molecule has 3 unspecified atom stereocenters. The van der Waals surface area contributed by atoms with Crippen molar-refractivity contribution in [2.24, 2.45) is 11.8 Å². The van der Waals surface area contributed by atoms with Crippen LogP contribution in [-0.4, -0.2) is 24.5 Å². The summed E-state index contributed by atoms with van der Waals surface area (Å²) in [4.78, 5) is 2.55. The van der Waals surface area contributed by atoms with Crippen molar-refractivity contribution < 1.29 is 0 Å². The van der Waals surface area contributed by atoms with E-state index in [1.807, 2.05) is 0 Å². The normalized spacial score (nSPS) is 43.6. The van der Waals surface area contributed by atoms with Crippen LogP contribution in [0.15, 0.2) is 0 Å². The minimum Gasteiger partial charge on any atom is -0.303 e. The Kier molecular flexibility index (Phi) is 1.92. The Morgan fingerprint density at radius 1 is 1.36 bits per heavy atom. The molecule has 1 aliphatic heterocycles. The second kappa shape index (κ2) is 2.78. The van der Waals surface area contributed by atoms with Gasteiger partial charge in [-0.15, -0.1) is 0 Å². The van der Waals surface area contributed by atoms with E-state index in [9.17, 15) is 0 Å². The summed E-state index contributed by atoms with van der Waals surface area (Å²) in [7, 11) is 2.28. The molecule has 1 saturated heterocycles. The van der Waals surface area contributed by atoms with Gasteiger partial charge in [-0.2, -0.15) is 0 Å². The van der Waals surface area contributed by atoms with E-state index in [0.29, 0.717) is 0 Å². The van der Waals surface area contributed by atoms with Crippen molar-refractivity contribution in [1.29, 1.82) is 0 Å². The van der Waals surface area contributed by atoms with E-state index in [1.54, 1.807) is 0 Å². The standard InChI is InChI=1S/C10H19N/c1-3-4-8-5-10-6-9(8)7-11(10)2/h8-10H,3-7H2,1-2H3. The summed E-state index contributed by atoms with van der Waals surface area (Å²) in [6.07, 6.45) is 5.86. The number of likely N-dealkylation sites (tertiary alicyclic amines) is 1. The van der Waals surface area contributed by atoms with E-state index >= 15 is 0 Å². The summed E-state index contributed by atoms with van der Waals surface area (Å²) in [5.74, 6) is 2.14. The predicted octanol–water partition coefficient (Wildman–Crippen LogP) is 2.13. The van der Waals surface area contributed by atoms with Gasteiger partial charge < -0.3 is 4.90 Å². The van der Waals surface area contributed by atoms with Crippen LogP contribution in [0.25, 0.3) is 0 Å². The Balaban J connectivity index is 1.92. The lowest BCUT2D eigenvalue weighted by atomic mass is 9.91. The van der Waals surface area contributed by atoms with Crippen molar-refractivity contribution in [3.63, 3.8) is 0 Å². The fourth-order valence-corrected chi connectivity index (χ4v) is 3.01. The Hall–Kier alpha value is -0.0400. The number of piperidine rings is 1. The van der Waals surface area contributed by atoms with Crippen LogP contribution in [0.5, 0.6) is 0 Å². The third-order valence-electron chi connectivity index (χ3n) is 3.62. The molecule has 1 aliphatic carbocycles. The monoisotopic (exact) mass is 153 g/mol. The molecule has 0 radical (unpaired) electrons. The van der Waals surface area contributed by atoms with Crippen LogP contribution >= 0.6 is 0 Å². The van der Waals surface area contributed by atoms with Gasteiger partial charge in [0.2, 0.25) is 0 Å². The zero-order valence-corrected chi connectivity index (χ0v) is 7.71. The summed E-state index contributed by atoms with van der Waals surface area (Å²) in [6.45, 7) is 3.70. The minimum atomic E-state index is 0.955. The molecule has 1 heterocycles. The summed E-state index contributed by atoms with van der Waals surface area (Å²) in [5, 5.41) is 0. The van der Waals surface area contributed by atoms with Crippen LogP contribution in [0.3, 0.4) is 0 Å². The maximum atomic E-state index is 2.55. The van der Waals surface area contributed by atoms with E-state index in [1.165, 1.54) is 32.2 Å². The highest BCUT2D eigenvalue weighted by atomic mass is 15.2. The van der Waals surface area contributed by atoms with Gasteiger partial charge in [-0.05, 0) is 31.7 Å². The van der Waals surface area contributed by atoms with Gasteiger partial charge in [0.25, 0.3) is 0 Å². The van der Waals surface area contributed by atoms with Gasteiger partial charge in [-0.1, -0.05) is 19.8 Å². The van der Waals surface area contributed by atoms with Crippen LogP contribution in [0.2, 0.25) is 0 Å². The number of fused-ring (bicyclic) bond motifs is 2. The largest absolute Gasteiger partial charge is 0.303 e. The summed E-state index contributed by atoms with van der Waals surface area (Å²) in [5.41, 5.74) is 0. The van der Waals surface area contributed by atoms with Crippen molar-refractivity contribution >= 4 is 0 Å². The first-order valence-electron chi connectivity index (χ1n) is 5.01. The van der Waals surface area contributed by atoms with Gasteiger partial charge in [-0.25, -0.2) is 0 Å². The maximum Gasteiger partial charge on any atom is 0.00982 e. The molecule has 2 bridgehead atoms. The molecule has 2 aliphatic rings.